The van der Waals surface area contributed by atoms with Crippen LogP contribution in [0.15, 0.2) is 52.5 Å². The maximum absolute atomic E-state index is 13.4. The van der Waals surface area contributed by atoms with E-state index in [9.17, 15) is 9.59 Å². The third-order valence-electron chi connectivity index (χ3n) is 5.65. The van der Waals surface area contributed by atoms with Crippen molar-refractivity contribution in [3.8, 4) is 0 Å². The summed E-state index contributed by atoms with van der Waals surface area (Å²) in [6, 6.07) is 9.03. The lowest BCUT2D eigenvalue weighted by Crippen LogP contribution is -2.58. The Hall–Kier alpha value is -2.75. The number of fused-ring (bicyclic) bond motifs is 1. The molecule has 1 aliphatic rings. The Labute approximate surface area is 205 Å². The molecular formula is C24H25BrN4O3S. The van der Waals surface area contributed by atoms with Crippen LogP contribution < -0.4 is 5.73 Å². The lowest BCUT2D eigenvalue weighted by molar-refractivity contribution is -0.150. The molecule has 0 aliphatic carbocycles. The van der Waals surface area contributed by atoms with Crippen LogP contribution in [0.5, 0.6) is 0 Å². The molecule has 0 radical (unpaired) electrons. The van der Waals surface area contributed by atoms with Gasteiger partial charge in [0.1, 0.15) is 6.04 Å². The zero-order valence-corrected chi connectivity index (χ0v) is 20.6. The standard InChI is InChI=1S/C24H25BrN4O3S/c1-32-11-7-22-24(31)28(14-16-2-4-19-20(26)6-8-27-21(19)12-16)9-10-29(22)23(30)5-3-18-13-17(25)15-33-18/h2-6,8,12-13,15,22H,7,9-11,14H2,1H3,(H2,26,27)/t22-/m0/s1. The van der Waals surface area contributed by atoms with E-state index in [2.05, 4.69) is 20.9 Å². The maximum atomic E-state index is 13.4. The molecule has 33 heavy (non-hydrogen) atoms. The third kappa shape index (κ3) is 5.43. The van der Waals surface area contributed by atoms with Crippen molar-refractivity contribution in [2.24, 2.45) is 0 Å². The van der Waals surface area contributed by atoms with Gasteiger partial charge in [-0.3, -0.25) is 14.6 Å². The fourth-order valence-corrected chi connectivity index (χ4v) is 5.30. The van der Waals surface area contributed by atoms with E-state index in [1.54, 1.807) is 52.7 Å². The summed E-state index contributed by atoms with van der Waals surface area (Å²) in [5.74, 6) is -0.237. The second-order valence-electron chi connectivity index (χ2n) is 7.84. The van der Waals surface area contributed by atoms with E-state index in [1.165, 1.54) is 0 Å². The monoisotopic (exact) mass is 528 g/mol. The molecule has 1 fully saturated rings. The molecule has 0 bridgehead atoms. The van der Waals surface area contributed by atoms with Crippen molar-refractivity contribution in [3.63, 3.8) is 0 Å². The number of carbonyl (C=O) groups is 2. The van der Waals surface area contributed by atoms with Crippen molar-refractivity contribution in [1.29, 1.82) is 0 Å². The minimum atomic E-state index is -0.555. The summed E-state index contributed by atoms with van der Waals surface area (Å²) in [5, 5.41) is 2.86. The van der Waals surface area contributed by atoms with Gasteiger partial charge in [0.25, 0.3) is 0 Å². The number of aromatic nitrogens is 1. The van der Waals surface area contributed by atoms with Crippen LogP contribution in [-0.4, -0.2) is 59.4 Å². The Morgan fingerprint density at radius 3 is 2.94 bits per heavy atom. The van der Waals surface area contributed by atoms with Crippen LogP contribution in [0.4, 0.5) is 5.69 Å². The lowest BCUT2D eigenvalue weighted by atomic mass is 10.1. The van der Waals surface area contributed by atoms with Crippen LogP contribution in [0, 0.1) is 0 Å². The summed E-state index contributed by atoms with van der Waals surface area (Å²) in [4.78, 5) is 35.1. The largest absolute Gasteiger partial charge is 0.398 e. The van der Waals surface area contributed by atoms with Crippen LogP contribution in [0.3, 0.4) is 0 Å². The highest BCUT2D eigenvalue weighted by atomic mass is 79.9. The Morgan fingerprint density at radius 2 is 2.18 bits per heavy atom. The Balaban J connectivity index is 1.49. The number of hydrogen-bond acceptors (Lipinski definition) is 6. The van der Waals surface area contributed by atoms with Gasteiger partial charge in [-0.2, -0.15) is 0 Å². The highest BCUT2D eigenvalue weighted by Gasteiger charge is 2.36. The quantitative estimate of drug-likeness (QED) is 0.469. The predicted octanol–water partition coefficient (Wildman–Crippen LogP) is 3.93. The van der Waals surface area contributed by atoms with E-state index < -0.39 is 6.04 Å². The first kappa shape index (κ1) is 23.4. The van der Waals surface area contributed by atoms with E-state index in [4.69, 9.17) is 10.5 Å². The molecule has 2 N–H and O–H groups in total. The average Bonchev–Trinajstić information content (AvgIpc) is 3.23. The van der Waals surface area contributed by atoms with Gasteiger partial charge in [0.2, 0.25) is 11.8 Å². The summed E-state index contributed by atoms with van der Waals surface area (Å²) in [6.45, 7) is 1.79. The van der Waals surface area contributed by atoms with Gasteiger partial charge < -0.3 is 20.3 Å². The summed E-state index contributed by atoms with van der Waals surface area (Å²) in [5.41, 5.74) is 8.48. The van der Waals surface area contributed by atoms with E-state index in [0.29, 0.717) is 38.3 Å². The lowest BCUT2D eigenvalue weighted by Gasteiger charge is -2.40. The van der Waals surface area contributed by atoms with Crippen LogP contribution in [0.1, 0.15) is 16.9 Å². The van der Waals surface area contributed by atoms with Gasteiger partial charge in [-0.25, -0.2) is 0 Å². The van der Waals surface area contributed by atoms with Gasteiger partial charge in [-0.1, -0.05) is 12.1 Å². The molecule has 0 spiro atoms. The zero-order valence-electron chi connectivity index (χ0n) is 18.2. The van der Waals surface area contributed by atoms with Crippen LogP contribution >= 0.6 is 27.3 Å². The summed E-state index contributed by atoms with van der Waals surface area (Å²) < 4.78 is 6.20. The van der Waals surface area contributed by atoms with Gasteiger partial charge >= 0.3 is 0 Å². The normalized spacial score (nSPS) is 16.8. The molecule has 9 heteroatoms. The number of carbonyl (C=O) groups excluding carboxylic acids is 2. The van der Waals surface area contributed by atoms with Gasteiger partial charge in [0, 0.05) is 77.8 Å². The smallest absolute Gasteiger partial charge is 0.247 e. The number of pyridine rings is 1. The molecular weight excluding hydrogens is 504 g/mol. The first-order valence-electron chi connectivity index (χ1n) is 10.6. The van der Waals surface area contributed by atoms with Crippen LogP contribution in [0.2, 0.25) is 0 Å². The van der Waals surface area contributed by atoms with Crippen molar-refractivity contribution in [3.05, 3.63) is 62.9 Å². The van der Waals surface area contributed by atoms with Crippen molar-refractivity contribution in [1.82, 2.24) is 14.8 Å². The molecule has 0 saturated carbocycles. The van der Waals surface area contributed by atoms with Crippen molar-refractivity contribution < 1.29 is 14.3 Å². The molecule has 3 aromatic rings. The number of rotatable bonds is 7. The highest BCUT2D eigenvalue weighted by molar-refractivity contribution is 9.10. The Bertz CT molecular complexity index is 1200. The molecule has 2 aromatic heterocycles. The number of anilines is 1. The number of benzene rings is 1. The number of nitrogens with zero attached hydrogens (tertiary/aromatic N) is 3. The zero-order chi connectivity index (χ0) is 23.4. The summed E-state index contributed by atoms with van der Waals surface area (Å²) in [7, 11) is 1.60. The van der Waals surface area contributed by atoms with E-state index in [-0.39, 0.29) is 11.8 Å². The van der Waals surface area contributed by atoms with Gasteiger partial charge in [0.05, 0.1) is 5.52 Å². The highest BCUT2D eigenvalue weighted by Crippen LogP contribution is 2.24. The average molecular weight is 529 g/mol. The van der Waals surface area contributed by atoms with Gasteiger partial charge in [-0.05, 0) is 45.8 Å². The molecule has 4 rings (SSSR count). The fraction of sp³-hybridized carbons (Fsp3) is 0.292. The molecule has 1 aromatic carbocycles. The number of hydrogen-bond donors (Lipinski definition) is 1. The molecule has 0 unspecified atom stereocenters. The molecule has 7 nitrogen and oxygen atoms in total. The van der Waals surface area contributed by atoms with E-state index >= 15 is 0 Å². The van der Waals surface area contributed by atoms with Crippen molar-refractivity contribution >= 4 is 61.7 Å². The van der Waals surface area contributed by atoms with Crippen molar-refractivity contribution in [2.45, 2.75) is 19.0 Å². The molecule has 2 amide bonds. The molecule has 172 valence electrons. The predicted molar refractivity (Wildman–Crippen MR) is 135 cm³/mol. The Morgan fingerprint density at radius 1 is 1.33 bits per heavy atom. The van der Waals surface area contributed by atoms with Crippen molar-refractivity contribution in [2.75, 3.05) is 32.5 Å². The number of thiophene rings is 1. The SMILES string of the molecule is COCC[C@H]1C(=O)N(Cc2ccc3c(N)ccnc3c2)CCN1C(=O)C=Cc1cc(Br)cs1. The fourth-order valence-electron chi connectivity index (χ4n) is 3.97. The number of halogens is 1. The third-order valence-corrected chi connectivity index (χ3v) is 7.31. The van der Waals surface area contributed by atoms with Gasteiger partial charge in [-0.15, -0.1) is 11.3 Å². The number of amides is 2. The number of piperazine rings is 1. The number of nitrogen functional groups attached to an aromatic ring is 1. The second kappa shape index (κ2) is 10.5. The van der Waals surface area contributed by atoms with Gasteiger partial charge in [0.15, 0.2) is 0 Å². The molecule has 3 heterocycles. The first-order chi connectivity index (χ1) is 16.0. The molecule has 1 saturated heterocycles. The second-order valence-corrected chi connectivity index (χ2v) is 9.70. The molecule has 1 atom stereocenters. The topological polar surface area (TPSA) is 88.8 Å². The maximum Gasteiger partial charge on any atom is 0.247 e. The molecule has 1 aliphatic heterocycles. The van der Waals surface area contributed by atoms with Crippen LogP contribution in [0.25, 0.3) is 17.0 Å². The number of nitrogens with two attached hydrogens (primary N) is 1. The number of methoxy groups -OCH3 is 1. The minimum absolute atomic E-state index is 0.0699. The summed E-state index contributed by atoms with van der Waals surface area (Å²) >= 11 is 4.96. The summed E-state index contributed by atoms with van der Waals surface area (Å²) in [6.07, 6.45) is 5.46. The van der Waals surface area contributed by atoms with E-state index in [1.807, 2.05) is 29.6 Å². The first-order valence-corrected chi connectivity index (χ1v) is 12.3. The van der Waals surface area contributed by atoms with Crippen LogP contribution in [-0.2, 0) is 20.9 Å². The Kier molecular flexibility index (Phi) is 7.42. The minimum Gasteiger partial charge on any atom is -0.398 e. The number of ether oxygens (including phenoxy) is 1. The van der Waals surface area contributed by atoms with E-state index in [0.717, 1.165) is 25.8 Å².